The molecule has 0 radical (unpaired) electrons. The van der Waals surface area contributed by atoms with Crippen LogP contribution in [0.2, 0.25) is 5.02 Å². The minimum Gasteiger partial charge on any atom is -0.480 e. The first-order valence-electron chi connectivity index (χ1n) is 7.42. The molecule has 23 heavy (non-hydrogen) atoms. The Morgan fingerprint density at radius 2 is 2.00 bits per heavy atom. The van der Waals surface area contributed by atoms with Gasteiger partial charge in [-0.1, -0.05) is 37.6 Å². The second-order valence-electron chi connectivity index (χ2n) is 5.97. The zero-order valence-electron chi connectivity index (χ0n) is 13.2. The van der Waals surface area contributed by atoms with Crippen molar-refractivity contribution in [3.8, 4) is 0 Å². The molecule has 1 rings (SSSR count). The van der Waals surface area contributed by atoms with Crippen molar-refractivity contribution in [1.29, 1.82) is 0 Å². The minimum absolute atomic E-state index is 0.0914. The van der Waals surface area contributed by atoms with Gasteiger partial charge in [0.2, 0.25) is 0 Å². The molecular weight excluding hydrogens is 320 g/mol. The summed E-state index contributed by atoms with van der Waals surface area (Å²) in [6, 6.07) is 5.04. The Balaban J connectivity index is 2.65. The highest BCUT2D eigenvalue weighted by molar-refractivity contribution is 6.30. The van der Waals surface area contributed by atoms with Gasteiger partial charge in [-0.3, -0.25) is 4.79 Å². The van der Waals surface area contributed by atoms with Gasteiger partial charge in [0.05, 0.1) is 0 Å². The standard InChI is InChI=1S/C16H23ClN2O4/c1-9(2)6-13(16(22)23)19-15(21)14(20)12(18)8-10-4-3-5-11(17)7-10/h3-5,7,9,12-14,20H,6,8,18H2,1-2H3,(H,19,21)(H,22,23)/t12?,13-,14?/m0/s1. The number of nitrogens with one attached hydrogen (secondary N) is 1. The Kier molecular flexibility index (Phi) is 7.48. The van der Waals surface area contributed by atoms with Gasteiger partial charge >= 0.3 is 5.97 Å². The van der Waals surface area contributed by atoms with E-state index < -0.39 is 30.1 Å². The average molecular weight is 343 g/mol. The summed E-state index contributed by atoms with van der Waals surface area (Å²) in [5.41, 5.74) is 6.64. The van der Waals surface area contributed by atoms with E-state index in [4.69, 9.17) is 22.4 Å². The molecule has 3 atom stereocenters. The third kappa shape index (κ3) is 6.56. The van der Waals surface area contributed by atoms with Gasteiger partial charge in [-0.15, -0.1) is 0 Å². The van der Waals surface area contributed by atoms with Crippen LogP contribution in [0.5, 0.6) is 0 Å². The third-order valence-corrected chi connectivity index (χ3v) is 3.59. The summed E-state index contributed by atoms with van der Waals surface area (Å²) in [5.74, 6) is -1.83. The highest BCUT2D eigenvalue weighted by Crippen LogP contribution is 2.13. The van der Waals surface area contributed by atoms with Crippen molar-refractivity contribution < 1.29 is 19.8 Å². The molecule has 0 aliphatic carbocycles. The number of carbonyl (C=O) groups is 2. The van der Waals surface area contributed by atoms with E-state index in [-0.39, 0.29) is 18.8 Å². The highest BCUT2D eigenvalue weighted by Gasteiger charge is 2.28. The summed E-state index contributed by atoms with van der Waals surface area (Å²) < 4.78 is 0. The molecule has 1 aromatic rings. The summed E-state index contributed by atoms with van der Waals surface area (Å²) >= 11 is 5.87. The molecule has 0 aliphatic rings. The molecule has 2 unspecified atom stereocenters. The zero-order valence-corrected chi connectivity index (χ0v) is 14.0. The lowest BCUT2D eigenvalue weighted by Gasteiger charge is -2.22. The lowest BCUT2D eigenvalue weighted by atomic mass is 10.00. The van der Waals surface area contributed by atoms with Crippen LogP contribution in [0.15, 0.2) is 24.3 Å². The Labute approximate surface area is 140 Å². The third-order valence-electron chi connectivity index (χ3n) is 3.36. The number of amides is 1. The summed E-state index contributed by atoms with van der Waals surface area (Å²) in [7, 11) is 0. The summed E-state index contributed by atoms with van der Waals surface area (Å²) in [5, 5.41) is 22.0. The van der Waals surface area contributed by atoms with Crippen LogP contribution in [0.4, 0.5) is 0 Å². The molecule has 0 saturated carbocycles. The number of aliphatic carboxylic acids is 1. The molecule has 0 spiro atoms. The first-order valence-corrected chi connectivity index (χ1v) is 7.79. The fourth-order valence-electron chi connectivity index (χ4n) is 2.19. The van der Waals surface area contributed by atoms with Crippen molar-refractivity contribution in [3.63, 3.8) is 0 Å². The van der Waals surface area contributed by atoms with Gasteiger partial charge in [0, 0.05) is 11.1 Å². The van der Waals surface area contributed by atoms with E-state index in [1.165, 1.54) is 0 Å². The number of hydrogen-bond donors (Lipinski definition) is 4. The van der Waals surface area contributed by atoms with Gasteiger partial charge in [-0.2, -0.15) is 0 Å². The maximum Gasteiger partial charge on any atom is 0.326 e. The highest BCUT2D eigenvalue weighted by atomic mass is 35.5. The molecule has 1 aromatic carbocycles. The predicted octanol–water partition coefficient (Wildman–Crippen LogP) is 1.19. The number of nitrogens with two attached hydrogens (primary N) is 1. The number of benzene rings is 1. The number of aliphatic hydroxyl groups excluding tert-OH is 1. The normalized spacial score (nSPS) is 15.0. The van der Waals surface area contributed by atoms with E-state index in [0.29, 0.717) is 5.02 Å². The van der Waals surface area contributed by atoms with E-state index in [9.17, 15) is 14.7 Å². The molecular formula is C16H23ClN2O4. The fourth-order valence-corrected chi connectivity index (χ4v) is 2.41. The van der Waals surface area contributed by atoms with Crippen LogP contribution in [0.3, 0.4) is 0 Å². The van der Waals surface area contributed by atoms with Crippen molar-refractivity contribution >= 4 is 23.5 Å². The van der Waals surface area contributed by atoms with E-state index >= 15 is 0 Å². The van der Waals surface area contributed by atoms with E-state index in [1.807, 2.05) is 13.8 Å². The van der Waals surface area contributed by atoms with Gasteiger partial charge in [0.1, 0.15) is 12.1 Å². The van der Waals surface area contributed by atoms with E-state index in [1.54, 1.807) is 24.3 Å². The molecule has 0 fully saturated rings. The monoisotopic (exact) mass is 342 g/mol. The van der Waals surface area contributed by atoms with Crippen molar-refractivity contribution in [2.45, 2.75) is 44.9 Å². The predicted molar refractivity (Wildman–Crippen MR) is 88.2 cm³/mol. The molecule has 6 nitrogen and oxygen atoms in total. The van der Waals surface area contributed by atoms with Crippen molar-refractivity contribution in [2.24, 2.45) is 11.7 Å². The molecule has 0 bridgehead atoms. The fraction of sp³-hybridized carbons (Fsp3) is 0.500. The van der Waals surface area contributed by atoms with E-state index in [0.717, 1.165) is 5.56 Å². The number of rotatable bonds is 8. The maximum absolute atomic E-state index is 12.0. The van der Waals surface area contributed by atoms with Gasteiger partial charge in [-0.25, -0.2) is 4.79 Å². The Morgan fingerprint density at radius 3 is 2.52 bits per heavy atom. The first-order chi connectivity index (χ1) is 10.7. The Bertz CT molecular complexity index is 551. The van der Waals surface area contributed by atoms with Crippen LogP contribution in [0.1, 0.15) is 25.8 Å². The van der Waals surface area contributed by atoms with Gasteiger partial charge in [0.15, 0.2) is 0 Å². The van der Waals surface area contributed by atoms with Crippen LogP contribution >= 0.6 is 11.6 Å². The smallest absolute Gasteiger partial charge is 0.326 e. The van der Waals surface area contributed by atoms with Crippen LogP contribution in [0, 0.1) is 5.92 Å². The summed E-state index contributed by atoms with van der Waals surface area (Å²) in [4.78, 5) is 23.2. The van der Waals surface area contributed by atoms with Crippen molar-refractivity contribution in [2.75, 3.05) is 0 Å². The lowest BCUT2D eigenvalue weighted by molar-refractivity contribution is -0.144. The quantitative estimate of drug-likeness (QED) is 0.566. The maximum atomic E-state index is 12.0. The molecule has 0 aromatic heterocycles. The van der Waals surface area contributed by atoms with Crippen LogP contribution in [0.25, 0.3) is 0 Å². The van der Waals surface area contributed by atoms with Gasteiger partial charge in [-0.05, 0) is 36.5 Å². The van der Waals surface area contributed by atoms with Gasteiger partial charge in [0.25, 0.3) is 5.91 Å². The van der Waals surface area contributed by atoms with Crippen molar-refractivity contribution in [3.05, 3.63) is 34.9 Å². The largest absolute Gasteiger partial charge is 0.480 e. The SMILES string of the molecule is CC(C)C[C@H](NC(=O)C(O)C(N)Cc1cccc(Cl)c1)C(=O)O. The molecule has 0 heterocycles. The zero-order chi connectivity index (χ0) is 17.6. The molecule has 5 N–H and O–H groups in total. The average Bonchev–Trinajstić information content (AvgIpc) is 2.44. The number of halogens is 1. The number of carbonyl (C=O) groups excluding carboxylic acids is 1. The van der Waals surface area contributed by atoms with Gasteiger partial charge < -0.3 is 21.3 Å². The van der Waals surface area contributed by atoms with Crippen LogP contribution in [-0.4, -0.2) is 40.3 Å². The van der Waals surface area contributed by atoms with E-state index in [2.05, 4.69) is 5.32 Å². The number of carboxylic acid groups (broad SMARTS) is 1. The molecule has 128 valence electrons. The number of hydrogen-bond acceptors (Lipinski definition) is 4. The van der Waals surface area contributed by atoms with Crippen LogP contribution in [-0.2, 0) is 16.0 Å². The Morgan fingerprint density at radius 1 is 1.35 bits per heavy atom. The van der Waals surface area contributed by atoms with Crippen LogP contribution < -0.4 is 11.1 Å². The summed E-state index contributed by atoms with van der Waals surface area (Å²) in [6.45, 7) is 3.70. The second-order valence-corrected chi connectivity index (χ2v) is 6.41. The Hall–Kier alpha value is -1.63. The first kappa shape index (κ1) is 19.4. The molecule has 7 heteroatoms. The second kappa shape index (κ2) is 8.86. The molecule has 1 amide bonds. The molecule has 0 saturated heterocycles. The topological polar surface area (TPSA) is 113 Å². The number of carboxylic acids is 1. The lowest BCUT2D eigenvalue weighted by Crippen LogP contribution is -2.52. The minimum atomic E-state index is -1.50. The van der Waals surface area contributed by atoms with Crippen molar-refractivity contribution in [1.82, 2.24) is 5.32 Å². The molecule has 0 aliphatic heterocycles. The summed E-state index contributed by atoms with van der Waals surface area (Å²) in [6.07, 6.45) is -0.975. The number of aliphatic hydroxyl groups is 1.